The molecule has 0 aromatic rings. The van der Waals surface area contributed by atoms with E-state index in [1.807, 2.05) is 0 Å². The van der Waals surface area contributed by atoms with Gasteiger partial charge in [0.25, 0.3) is 0 Å². The van der Waals surface area contributed by atoms with Gasteiger partial charge in [0, 0.05) is 18.2 Å². The van der Waals surface area contributed by atoms with E-state index in [4.69, 9.17) is 0 Å². The Morgan fingerprint density at radius 2 is 2.33 bits per heavy atom. The Morgan fingerprint density at radius 3 is 2.67 bits per heavy atom. The normalized spacial score (nSPS) is 30.4. The topological polar surface area (TPSA) is 46.2 Å². The fraction of sp³-hybridized carbons (Fsp3) is 0.750. The minimum absolute atomic E-state index is 0.215. The third-order valence-corrected chi connectivity index (χ3v) is 3.36. The highest BCUT2D eigenvalue weighted by Crippen LogP contribution is 2.28. The van der Waals surface area contributed by atoms with Crippen molar-refractivity contribution in [2.45, 2.75) is 6.42 Å². The van der Waals surface area contributed by atoms with Crippen molar-refractivity contribution in [3.8, 4) is 0 Å². The zero-order valence-corrected chi connectivity index (χ0v) is 8.15. The van der Waals surface area contributed by atoms with Gasteiger partial charge in [-0.05, 0) is 13.0 Å². The number of nitrogens with one attached hydrogen (secondary N) is 1. The number of sulfone groups is 1. The Morgan fingerprint density at radius 1 is 1.67 bits per heavy atom. The van der Waals surface area contributed by atoms with Gasteiger partial charge in [0.15, 0.2) is 0 Å². The van der Waals surface area contributed by atoms with Crippen molar-refractivity contribution in [2.24, 2.45) is 5.41 Å². The van der Waals surface area contributed by atoms with Crippen LogP contribution in [0.1, 0.15) is 6.42 Å². The van der Waals surface area contributed by atoms with E-state index >= 15 is 0 Å². The van der Waals surface area contributed by atoms with E-state index in [9.17, 15) is 8.42 Å². The van der Waals surface area contributed by atoms with Gasteiger partial charge in [-0.25, -0.2) is 8.42 Å². The van der Waals surface area contributed by atoms with Crippen LogP contribution in [0.4, 0.5) is 0 Å². The predicted octanol–water partition coefficient (Wildman–Crippen LogP) is 0.197. The zero-order valence-electron chi connectivity index (χ0n) is 7.34. The maximum absolute atomic E-state index is 11.1. The molecule has 1 heterocycles. The molecule has 70 valence electrons. The molecule has 1 fully saturated rings. The fourth-order valence-corrected chi connectivity index (χ4v) is 3.05. The van der Waals surface area contributed by atoms with Gasteiger partial charge in [0.2, 0.25) is 0 Å². The molecule has 1 unspecified atom stereocenters. The lowest BCUT2D eigenvalue weighted by molar-refractivity contribution is 0.474. The standard InChI is InChI=1S/C8H15NO2S/c1-3-8(4-5-9-6-8)7-12(2,10)11/h3,9H,1,4-7H2,2H3. The molecule has 1 atom stereocenters. The predicted molar refractivity (Wildman–Crippen MR) is 49.8 cm³/mol. The molecule has 1 aliphatic rings. The summed E-state index contributed by atoms with van der Waals surface area (Å²) >= 11 is 0. The minimum atomic E-state index is -2.89. The first kappa shape index (κ1) is 9.74. The first-order valence-electron chi connectivity index (χ1n) is 3.99. The summed E-state index contributed by atoms with van der Waals surface area (Å²) in [6.45, 7) is 5.32. The monoisotopic (exact) mass is 189 g/mol. The average Bonchev–Trinajstić information content (AvgIpc) is 2.34. The Kier molecular flexibility index (Phi) is 2.58. The van der Waals surface area contributed by atoms with E-state index in [0.29, 0.717) is 0 Å². The van der Waals surface area contributed by atoms with Crippen molar-refractivity contribution in [2.75, 3.05) is 25.1 Å². The molecule has 1 rings (SSSR count). The van der Waals surface area contributed by atoms with Crippen LogP contribution in [-0.4, -0.2) is 33.5 Å². The molecule has 0 bridgehead atoms. The van der Waals surface area contributed by atoms with E-state index in [-0.39, 0.29) is 11.2 Å². The summed E-state index contributed by atoms with van der Waals surface area (Å²) in [4.78, 5) is 0. The molecule has 3 nitrogen and oxygen atoms in total. The van der Waals surface area contributed by atoms with Crippen LogP contribution in [-0.2, 0) is 9.84 Å². The molecule has 1 aliphatic heterocycles. The lowest BCUT2D eigenvalue weighted by atomic mass is 9.90. The van der Waals surface area contributed by atoms with Gasteiger partial charge in [0.1, 0.15) is 9.84 Å². The van der Waals surface area contributed by atoms with Gasteiger partial charge >= 0.3 is 0 Å². The third-order valence-electron chi connectivity index (χ3n) is 2.26. The van der Waals surface area contributed by atoms with E-state index in [2.05, 4.69) is 11.9 Å². The van der Waals surface area contributed by atoms with Gasteiger partial charge in [-0.15, -0.1) is 6.58 Å². The molecular weight excluding hydrogens is 174 g/mol. The van der Waals surface area contributed by atoms with Crippen molar-refractivity contribution in [1.82, 2.24) is 5.32 Å². The Balaban J connectivity index is 2.75. The zero-order chi connectivity index (χ0) is 9.24. The van der Waals surface area contributed by atoms with Gasteiger partial charge in [-0.3, -0.25) is 0 Å². The largest absolute Gasteiger partial charge is 0.316 e. The minimum Gasteiger partial charge on any atom is -0.316 e. The summed E-state index contributed by atoms with van der Waals surface area (Å²) in [6.07, 6.45) is 3.92. The van der Waals surface area contributed by atoms with Crippen molar-refractivity contribution < 1.29 is 8.42 Å². The summed E-state index contributed by atoms with van der Waals surface area (Å²) in [5.74, 6) is 0.219. The Bertz CT molecular complexity index is 263. The molecule has 0 saturated carbocycles. The highest BCUT2D eigenvalue weighted by molar-refractivity contribution is 7.90. The van der Waals surface area contributed by atoms with E-state index in [1.165, 1.54) is 6.26 Å². The van der Waals surface area contributed by atoms with Crippen LogP contribution >= 0.6 is 0 Å². The summed E-state index contributed by atoms with van der Waals surface area (Å²) in [6, 6.07) is 0. The summed E-state index contributed by atoms with van der Waals surface area (Å²) in [5, 5.41) is 3.15. The average molecular weight is 189 g/mol. The summed E-state index contributed by atoms with van der Waals surface area (Å²) in [7, 11) is -2.89. The second-order valence-corrected chi connectivity index (χ2v) is 5.70. The van der Waals surface area contributed by atoms with Crippen molar-refractivity contribution in [1.29, 1.82) is 0 Å². The third kappa shape index (κ3) is 2.32. The Labute approximate surface area is 73.8 Å². The van der Waals surface area contributed by atoms with Gasteiger partial charge < -0.3 is 5.32 Å². The van der Waals surface area contributed by atoms with Gasteiger partial charge in [-0.2, -0.15) is 0 Å². The molecular formula is C8H15NO2S. The molecule has 1 N–H and O–H groups in total. The smallest absolute Gasteiger partial charge is 0.148 e. The first-order valence-corrected chi connectivity index (χ1v) is 6.06. The molecule has 0 radical (unpaired) electrons. The fourth-order valence-electron chi connectivity index (χ4n) is 1.64. The number of hydrogen-bond donors (Lipinski definition) is 1. The number of hydrogen-bond acceptors (Lipinski definition) is 3. The molecule has 0 amide bonds. The van der Waals surface area contributed by atoms with E-state index in [0.717, 1.165) is 19.5 Å². The van der Waals surface area contributed by atoms with Crippen LogP contribution < -0.4 is 5.32 Å². The molecule has 0 spiro atoms. The molecule has 1 saturated heterocycles. The maximum Gasteiger partial charge on any atom is 0.148 e. The quantitative estimate of drug-likeness (QED) is 0.645. The van der Waals surface area contributed by atoms with Crippen LogP contribution in [0.2, 0.25) is 0 Å². The van der Waals surface area contributed by atoms with Crippen LogP contribution in [0.3, 0.4) is 0 Å². The van der Waals surface area contributed by atoms with Crippen LogP contribution in [0.25, 0.3) is 0 Å². The Hall–Kier alpha value is -0.350. The molecule has 12 heavy (non-hydrogen) atoms. The summed E-state index contributed by atoms with van der Waals surface area (Å²) < 4.78 is 22.2. The SMILES string of the molecule is C=CC1(CS(C)(=O)=O)CCNC1. The van der Waals surface area contributed by atoms with Crippen LogP contribution in [0, 0.1) is 5.41 Å². The second kappa shape index (κ2) is 3.18. The lowest BCUT2D eigenvalue weighted by Crippen LogP contribution is -2.29. The van der Waals surface area contributed by atoms with Gasteiger partial charge in [0.05, 0.1) is 5.75 Å². The maximum atomic E-state index is 11.1. The molecule has 0 aromatic carbocycles. The van der Waals surface area contributed by atoms with E-state index in [1.54, 1.807) is 6.08 Å². The highest BCUT2D eigenvalue weighted by atomic mass is 32.2. The van der Waals surface area contributed by atoms with Gasteiger partial charge in [-0.1, -0.05) is 6.08 Å². The number of rotatable bonds is 3. The van der Waals surface area contributed by atoms with Crippen molar-refractivity contribution in [3.05, 3.63) is 12.7 Å². The summed E-state index contributed by atoms with van der Waals surface area (Å²) in [5.41, 5.74) is -0.215. The van der Waals surface area contributed by atoms with Crippen molar-refractivity contribution in [3.63, 3.8) is 0 Å². The van der Waals surface area contributed by atoms with Crippen LogP contribution in [0.15, 0.2) is 12.7 Å². The van der Waals surface area contributed by atoms with Crippen molar-refractivity contribution >= 4 is 9.84 Å². The lowest BCUT2D eigenvalue weighted by Gasteiger charge is -2.21. The van der Waals surface area contributed by atoms with E-state index < -0.39 is 9.84 Å². The molecule has 4 heteroatoms. The van der Waals surface area contributed by atoms with Crippen LogP contribution in [0.5, 0.6) is 0 Å². The molecule has 0 aliphatic carbocycles. The highest BCUT2D eigenvalue weighted by Gasteiger charge is 2.33. The molecule has 0 aromatic heterocycles. The first-order chi connectivity index (χ1) is 5.47. The second-order valence-electron chi connectivity index (χ2n) is 3.56.